The highest BCUT2D eigenvalue weighted by molar-refractivity contribution is 7.09. The van der Waals surface area contributed by atoms with E-state index in [4.69, 9.17) is 0 Å². The number of nitrogens with zero attached hydrogens (tertiary/aromatic N) is 2. The number of aryl methyl sites for hydroxylation is 1. The number of rotatable bonds is 5. The molecule has 78 valence electrons. The molecule has 3 nitrogen and oxygen atoms in total. The highest BCUT2D eigenvalue weighted by atomic mass is 32.1. The van der Waals surface area contributed by atoms with Crippen LogP contribution in [0.15, 0.2) is 0 Å². The number of aromatic nitrogens is 2. The zero-order chi connectivity index (χ0) is 9.97. The fraction of sp³-hybridized carbons (Fsp3) is 0.800. The molecule has 1 atom stereocenters. The summed E-state index contributed by atoms with van der Waals surface area (Å²) in [5, 5.41) is 4.39. The molecule has 1 aromatic rings. The lowest BCUT2D eigenvalue weighted by atomic mass is 10.2. The Kier molecular flexibility index (Phi) is 3.01. The maximum atomic E-state index is 4.39. The molecule has 1 heterocycles. The molecule has 0 bridgehead atoms. The first-order valence-corrected chi connectivity index (χ1v) is 6.14. The average molecular weight is 211 g/mol. The van der Waals surface area contributed by atoms with E-state index < -0.39 is 0 Å². The van der Waals surface area contributed by atoms with Crippen LogP contribution < -0.4 is 5.32 Å². The van der Waals surface area contributed by atoms with Crippen molar-refractivity contribution in [1.29, 1.82) is 0 Å². The van der Waals surface area contributed by atoms with Gasteiger partial charge in [0.25, 0.3) is 0 Å². The van der Waals surface area contributed by atoms with Crippen LogP contribution in [0.1, 0.15) is 38.9 Å². The van der Waals surface area contributed by atoms with Crippen molar-refractivity contribution in [3.63, 3.8) is 0 Å². The van der Waals surface area contributed by atoms with Crippen molar-refractivity contribution in [2.75, 3.05) is 5.32 Å². The number of hydrogen-bond donors (Lipinski definition) is 1. The zero-order valence-corrected chi connectivity index (χ0v) is 9.60. The van der Waals surface area contributed by atoms with E-state index in [-0.39, 0.29) is 0 Å². The minimum Gasteiger partial charge on any atom is -0.358 e. The van der Waals surface area contributed by atoms with E-state index >= 15 is 0 Å². The summed E-state index contributed by atoms with van der Waals surface area (Å²) in [5.74, 6) is 1.92. The largest absolute Gasteiger partial charge is 0.358 e. The molecule has 1 fully saturated rings. The third-order valence-electron chi connectivity index (χ3n) is 2.54. The Labute approximate surface area is 89.1 Å². The molecule has 4 heteroatoms. The van der Waals surface area contributed by atoms with Crippen LogP contribution in [0.3, 0.4) is 0 Å². The van der Waals surface area contributed by atoms with Gasteiger partial charge in [-0.15, -0.1) is 0 Å². The van der Waals surface area contributed by atoms with Gasteiger partial charge in [-0.1, -0.05) is 19.8 Å². The van der Waals surface area contributed by atoms with Gasteiger partial charge in [-0.3, -0.25) is 0 Å². The predicted octanol–water partition coefficient (Wildman–Crippen LogP) is 2.70. The molecule has 1 saturated carbocycles. The fourth-order valence-electron chi connectivity index (χ4n) is 1.58. The van der Waals surface area contributed by atoms with Gasteiger partial charge < -0.3 is 5.32 Å². The smallest absolute Gasteiger partial charge is 0.202 e. The van der Waals surface area contributed by atoms with Crippen molar-refractivity contribution in [3.05, 3.63) is 5.82 Å². The third kappa shape index (κ3) is 2.67. The summed E-state index contributed by atoms with van der Waals surface area (Å²) >= 11 is 1.48. The van der Waals surface area contributed by atoms with Crippen molar-refractivity contribution in [2.24, 2.45) is 5.92 Å². The second kappa shape index (κ2) is 4.26. The second-order valence-corrected chi connectivity index (χ2v) is 4.85. The molecule has 1 N–H and O–H groups in total. The minimum absolute atomic E-state index is 0.542. The molecule has 1 aliphatic rings. The van der Waals surface area contributed by atoms with Crippen molar-refractivity contribution in [3.8, 4) is 0 Å². The summed E-state index contributed by atoms with van der Waals surface area (Å²) in [6.45, 7) is 4.31. The second-order valence-electron chi connectivity index (χ2n) is 4.09. The third-order valence-corrected chi connectivity index (χ3v) is 3.22. The molecule has 0 radical (unpaired) electrons. The van der Waals surface area contributed by atoms with Crippen LogP contribution in [-0.2, 0) is 6.42 Å². The molecule has 0 saturated heterocycles. The minimum atomic E-state index is 0.542. The lowest BCUT2D eigenvalue weighted by Crippen LogP contribution is -2.15. The Morgan fingerprint density at radius 2 is 2.36 bits per heavy atom. The van der Waals surface area contributed by atoms with E-state index in [9.17, 15) is 0 Å². The summed E-state index contributed by atoms with van der Waals surface area (Å²) in [4.78, 5) is 4.39. The Morgan fingerprint density at radius 3 is 2.93 bits per heavy atom. The molecule has 0 aromatic carbocycles. The summed E-state index contributed by atoms with van der Waals surface area (Å²) in [6, 6.07) is 0.542. The summed E-state index contributed by atoms with van der Waals surface area (Å²) in [7, 11) is 0. The molecule has 0 aliphatic heterocycles. The lowest BCUT2D eigenvalue weighted by molar-refractivity contribution is 0.641. The average Bonchev–Trinajstić information content (AvgIpc) is 2.83. The van der Waals surface area contributed by atoms with Gasteiger partial charge >= 0.3 is 0 Å². The van der Waals surface area contributed by atoms with Crippen LogP contribution in [0.2, 0.25) is 0 Å². The van der Waals surface area contributed by atoms with E-state index in [0.29, 0.717) is 6.04 Å². The summed E-state index contributed by atoms with van der Waals surface area (Å²) in [5.41, 5.74) is 0. The van der Waals surface area contributed by atoms with Crippen LogP contribution in [0.5, 0.6) is 0 Å². The van der Waals surface area contributed by atoms with Crippen molar-refractivity contribution in [2.45, 2.75) is 45.6 Å². The number of anilines is 1. The van der Waals surface area contributed by atoms with E-state index in [1.54, 1.807) is 0 Å². The van der Waals surface area contributed by atoms with E-state index in [1.807, 2.05) is 0 Å². The Bertz CT molecular complexity index is 293. The summed E-state index contributed by atoms with van der Waals surface area (Å²) in [6.07, 6.45) is 5.04. The van der Waals surface area contributed by atoms with Crippen LogP contribution in [-0.4, -0.2) is 15.4 Å². The van der Waals surface area contributed by atoms with Crippen LogP contribution in [0.4, 0.5) is 5.13 Å². The molecule has 0 amide bonds. The van der Waals surface area contributed by atoms with Crippen molar-refractivity contribution < 1.29 is 0 Å². The van der Waals surface area contributed by atoms with Crippen molar-refractivity contribution >= 4 is 16.7 Å². The fourth-order valence-corrected chi connectivity index (χ4v) is 2.34. The van der Waals surface area contributed by atoms with E-state index in [2.05, 4.69) is 28.5 Å². The van der Waals surface area contributed by atoms with Crippen LogP contribution in [0, 0.1) is 5.92 Å². The Balaban J connectivity index is 1.82. The molecule has 1 aromatic heterocycles. The first-order chi connectivity index (χ1) is 6.78. The molecular weight excluding hydrogens is 194 g/mol. The molecule has 1 aliphatic carbocycles. The molecule has 2 rings (SSSR count). The number of hydrogen-bond acceptors (Lipinski definition) is 4. The van der Waals surface area contributed by atoms with Gasteiger partial charge in [0.1, 0.15) is 5.82 Å². The van der Waals surface area contributed by atoms with Gasteiger partial charge in [-0.05, 0) is 19.3 Å². The zero-order valence-electron chi connectivity index (χ0n) is 8.79. The van der Waals surface area contributed by atoms with Gasteiger partial charge in [0.2, 0.25) is 5.13 Å². The molecule has 0 spiro atoms. The first-order valence-electron chi connectivity index (χ1n) is 5.37. The molecular formula is C10H17N3S. The molecule has 1 unspecified atom stereocenters. The normalized spacial score (nSPS) is 18.1. The van der Waals surface area contributed by atoms with Crippen LogP contribution in [0.25, 0.3) is 0 Å². The van der Waals surface area contributed by atoms with Crippen molar-refractivity contribution in [1.82, 2.24) is 9.36 Å². The molecule has 14 heavy (non-hydrogen) atoms. The van der Waals surface area contributed by atoms with Gasteiger partial charge in [-0.25, -0.2) is 4.98 Å². The van der Waals surface area contributed by atoms with Gasteiger partial charge in [0.15, 0.2) is 0 Å². The monoisotopic (exact) mass is 211 g/mol. The van der Waals surface area contributed by atoms with Gasteiger partial charge in [0.05, 0.1) is 0 Å². The van der Waals surface area contributed by atoms with E-state index in [0.717, 1.165) is 23.3 Å². The van der Waals surface area contributed by atoms with E-state index in [1.165, 1.54) is 30.8 Å². The number of nitrogens with one attached hydrogen (secondary N) is 1. The highest BCUT2D eigenvalue weighted by Crippen LogP contribution is 2.34. The van der Waals surface area contributed by atoms with Gasteiger partial charge in [-0.2, -0.15) is 4.37 Å². The maximum Gasteiger partial charge on any atom is 0.202 e. The summed E-state index contributed by atoms with van der Waals surface area (Å²) < 4.78 is 4.25. The Hall–Kier alpha value is -0.640. The predicted molar refractivity (Wildman–Crippen MR) is 59.7 cm³/mol. The van der Waals surface area contributed by atoms with Gasteiger partial charge in [0, 0.05) is 24.0 Å². The first kappa shape index (κ1) is 9.90. The quantitative estimate of drug-likeness (QED) is 0.813. The maximum absolute atomic E-state index is 4.39. The Morgan fingerprint density at radius 1 is 1.57 bits per heavy atom. The standard InChI is InChI=1S/C10H17N3S/c1-3-9-12-10(14-13-9)11-7(2)6-8-4-5-8/h7-8H,3-6H2,1-2H3,(H,11,12,13). The topological polar surface area (TPSA) is 37.8 Å². The lowest BCUT2D eigenvalue weighted by Gasteiger charge is -2.10. The van der Waals surface area contributed by atoms with Crippen LogP contribution >= 0.6 is 11.5 Å². The SMILES string of the molecule is CCc1nsc(NC(C)CC2CC2)n1. The highest BCUT2D eigenvalue weighted by Gasteiger charge is 2.23.